The fourth-order valence-electron chi connectivity index (χ4n) is 3.29. The fraction of sp³-hybridized carbons (Fsp3) is 0.208. The average Bonchev–Trinajstić information content (AvgIpc) is 3.27. The Balaban J connectivity index is 1.43. The van der Waals surface area contributed by atoms with Gasteiger partial charge in [-0.3, -0.25) is 4.79 Å². The van der Waals surface area contributed by atoms with E-state index in [0.717, 1.165) is 30.8 Å². The van der Waals surface area contributed by atoms with Crippen molar-refractivity contribution in [2.45, 2.75) is 18.9 Å². The molecular weight excluding hydrogens is 364 g/mol. The number of anilines is 3. The molecule has 1 amide bonds. The standard InChI is InChI=1S/C24H24N2O3/c27-24(22-13-4-5-14-23(22)25-18-8-2-1-3-9-18)26-19-10-6-11-20(16-19)29-17-21-12-7-15-28-21/h1-6,8-11,13-14,16,21,25H,7,12,15,17H2,(H,26,27). The number of carbonyl (C=O) groups is 1. The predicted molar refractivity (Wildman–Crippen MR) is 115 cm³/mol. The van der Waals surface area contributed by atoms with Gasteiger partial charge in [0, 0.05) is 24.0 Å². The first kappa shape index (κ1) is 19.0. The van der Waals surface area contributed by atoms with Gasteiger partial charge in [-0.2, -0.15) is 0 Å². The smallest absolute Gasteiger partial charge is 0.257 e. The van der Waals surface area contributed by atoms with Gasteiger partial charge in [-0.1, -0.05) is 36.4 Å². The predicted octanol–water partition coefficient (Wildman–Crippen LogP) is 5.24. The van der Waals surface area contributed by atoms with E-state index in [-0.39, 0.29) is 12.0 Å². The van der Waals surface area contributed by atoms with Crippen LogP contribution < -0.4 is 15.4 Å². The molecule has 1 heterocycles. The largest absolute Gasteiger partial charge is 0.491 e. The SMILES string of the molecule is O=C(Nc1cccc(OCC2CCCO2)c1)c1ccccc1Nc1ccccc1. The molecule has 4 rings (SSSR count). The van der Waals surface area contributed by atoms with Gasteiger partial charge in [-0.05, 0) is 49.2 Å². The minimum Gasteiger partial charge on any atom is -0.491 e. The first-order valence-electron chi connectivity index (χ1n) is 9.85. The Bertz CT molecular complexity index is 953. The number of ether oxygens (including phenoxy) is 2. The third-order valence-corrected chi connectivity index (χ3v) is 4.78. The molecule has 5 heteroatoms. The van der Waals surface area contributed by atoms with Crippen molar-refractivity contribution in [3.05, 3.63) is 84.4 Å². The zero-order valence-corrected chi connectivity index (χ0v) is 16.1. The van der Waals surface area contributed by atoms with Gasteiger partial charge < -0.3 is 20.1 Å². The second-order valence-corrected chi connectivity index (χ2v) is 6.96. The summed E-state index contributed by atoms with van der Waals surface area (Å²) in [6.07, 6.45) is 2.27. The van der Waals surface area contributed by atoms with E-state index >= 15 is 0 Å². The maximum absolute atomic E-state index is 12.9. The third-order valence-electron chi connectivity index (χ3n) is 4.78. The molecule has 148 valence electrons. The molecule has 1 fully saturated rings. The third kappa shape index (κ3) is 5.15. The van der Waals surface area contributed by atoms with E-state index in [1.807, 2.05) is 72.8 Å². The Labute approximate surface area is 170 Å². The van der Waals surface area contributed by atoms with Crippen molar-refractivity contribution in [3.8, 4) is 5.75 Å². The summed E-state index contributed by atoms with van der Waals surface area (Å²) in [5, 5.41) is 6.27. The van der Waals surface area contributed by atoms with Crippen molar-refractivity contribution in [1.29, 1.82) is 0 Å². The van der Waals surface area contributed by atoms with E-state index in [0.29, 0.717) is 23.6 Å². The second-order valence-electron chi connectivity index (χ2n) is 6.96. The van der Waals surface area contributed by atoms with Crippen LogP contribution in [0, 0.1) is 0 Å². The Hall–Kier alpha value is -3.31. The van der Waals surface area contributed by atoms with Gasteiger partial charge in [0.1, 0.15) is 12.4 Å². The van der Waals surface area contributed by atoms with Crippen molar-refractivity contribution in [3.63, 3.8) is 0 Å². The van der Waals surface area contributed by atoms with Gasteiger partial charge in [-0.15, -0.1) is 0 Å². The highest BCUT2D eigenvalue weighted by Gasteiger charge is 2.16. The Morgan fingerprint density at radius 2 is 1.76 bits per heavy atom. The van der Waals surface area contributed by atoms with Crippen LogP contribution in [0.1, 0.15) is 23.2 Å². The molecule has 3 aromatic rings. The number of carbonyl (C=O) groups excluding carboxylic acids is 1. The lowest BCUT2D eigenvalue weighted by atomic mass is 10.1. The van der Waals surface area contributed by atoms with Crippen LogP contribution >= 0.6 is 0 Å². The molecule has 0 aliphatic carbocycles. The number of hydrogen-bond acceptors (Lipinski definition) is 4. The minimum atomic E-state index is -0.180. The summed E-state index contributed by atoms with van der Waals surface area (Å²) in [7, 11) is 0. The van der Waals surface area contributed by atoms with Gasteiger partial charge >= 0.3 is 0 Å². The average molecular weight is 388 g/mol. The van der Waals surface area contributed by atoms with Crippen LogP contribution in [0.5, 0.6) is 5.75 Å². The summed E-state index contributed by atoms with van der Waals surface area (Å²) in [4.78, 5) is 12.9. The zero-order chi connectivity index (χ0) is 19.9. The molecule has 1 unspecified atom stereocenters. The lowest BCUT2D eigenvalue weighted by Gasteiger charge is -2.14. The molecule has 0 aromatic heterocycles. The maximum atomic E-state index is 12.9. The fourth-order valence-corrected chi connectivity index (χ4v) is 3.29. The molecule has 0 spiro atoms. The van der Waals surface area contributed by atoms with E-state index in [2.05, 4.69) is 10.6 Å². The number of rotatable bonds is 7. The van der Waals surface area contributed by atoms with Crippen molar-refractivity contribution >= 4 is 23.0 Å². The van der Waals surface area contributed by atoms with E-state index < -0.39 is 0 Å². The normalized spacial score (nSPS) is 15.7. The van der Waals surface area contributed by atoms with Crippen LogP contribution in [0.3, 0.4) is 0 Å². The quantitative estimate of drug-likeness (QED) is 0.581. The highest BCUT2D eigenvalue weighted by atomic mass is 16.5. The molecule has 3 aromatic carbocycles. The molecule has 1 aliphatic rings. The van der Waals surface area contributed by atoms with Crippen molar-refractivity contribution < 1.29 is 14.3 Å². The van der Waals surface area contributed by atoms with Gasteiger partial charge in [0.2, 0.25) is 0 Å². The minimum absolute atomic E-state index is 0.157. The first-order valence-corrected chi connectivity index (χ1v) is 9.85. The highest BCUT2D eigenvalue weighted by Crippen LogP contribution is 2.24. The second kappa shape index (κ2) is 9.26. The van der Waals surface area contributed by atoms with Gasteiger partial charge in [0.05, 0.1) is 17.4 Å². The van der Waals surface area contributed by atoms with E-state index in [1.54, 1.807) is 6.07 Å². The van der Waals surface area contributed by atoms with Crippen LogP contribution in [0.15, 0.2) is 78.9 Å². The monoisotopic (exact) mass is 388 g/mol. The summed E-state index contributed by atoms with van der Waals surface area (Å²) in [5.41, 5.74) is 2.94. The van der Waals surface area contributed by atoms with Crippen LogP contribution in [-0.4, -0.2) is 25.2 Å². The summed E-state index contributed by atoms with van der Waals surface area (Å²) in [5.74, 6) is 0.536. The number of benzene rings is 3. The van der Waals surface area contributed by atoms with Crippen LogP contribution in [-0.2, 0) is 4.74 Å². The lowest BCUT2D eigenvalue weighted by Crippen LogP contribution is -2.16. The van der Waals surface area contributed by atoms with E-state index in [1.165, 1.54) is 0 Å². The molecule has 0 radical (unpaired) electrons. The Morgan fingerprint density at radius 3 is 2.59 bits per heavy atom. The number of nitrogens with one attached hydrogen (secondary N) is 2. The van der Waals surface area contributed by atoms with Crippen LogP contribution in [0.25, 0.3) is 0 Å². The number of para-hydroxylation sites is 2. The Morgan fingerprint density at radius 1 is 0.966 bits per heavy atom. The van der Waals surface area contributed by atoms with Gasteiger partial charge in [0.15, 0.2) is 0 Å². The molecule has 1 aliphatic heterocycles. The number of amides is 1. The summed E-state index contributed by atoms with van der Waals surface area (Å²) in [6.45, 7) is 1.34. The summed E-state index contributed by atoms with van der Waals surface area (Å²) in [6, 6.07) is 24.7. The molecule has 0 saturated carbocycles. The van der Waals surface area contributed by atoms with Gasteiger partial charge in [-0.25, -0.2) is 0 Å². The molecule has 1 atom stereocenters. The van der Waals surface area contributed by atoms with Gasteiger partial charge in [0.25, 0.3) is 5.91 Å². The molecule has 2 N–H and O–H groups in total. The van der Waals surface area contributed by atoms with Crippen LogP contribution in [0.2, 0.25) is 0 Å². The maximum Gasteiger partial charge on any atom is 0.257 e. The molecular formula is C24H24N2O3. The van der Waals surface area contributed by atoms with Crippen LogP contribution in [0.4, 0.5) is 17.1 Å². The Kier molecular flexibility index (Phi) is 6.07. The van der Waals surface area contributed by atoms with E-state index in [4.69, 9.17) is 9.47 Å². The summed E-state index contributed by atoms with van der Waals surface area (Å²) >= 11 is 0. The van der Waals surface area contributed by atoms with Crippen molar-refractivity contribution in [2.24, 2.45) is 0 Å². The molecule has 1 saturated heterocycles. The topological polar surface area (TPSA) is 59.6 Å². The molecule has 29 heavy (non-hydrogen) atoms. The first-order chi connectivity index (χ1) is 14.3. The number of hydrogen-bond donors (Lipinski definition) is 2. The molecule has 5 nitrogen and oxygen atoms in total. The zero-order valence-electron chi connectivity index (χ0n) is 16.1. The van der Waals surface area contributed by atoms with E-state index in [9.17, 15) is 4.79 Å². The van der Waals surface area contributed by atoms with Crippen molar-refractivity contribution in [2.75, 3.05) is 23.8 Å². The highest BCUT2D eigenvalue weighted by molar-refractivity contribution is 6.08. The lowest BCUT2D eigenvalue weighted by molar-refractivity contribution is 0.0680. The molecule has 0 bridgehead atoms. The summed E-state index contributed by atoms with van der Waals surface area (Å²) < 4.78 is 11.4. The van der Waals surface area contributed by atoms with Crippen molar-refractivity contribution in [1.82, 2.24) is 0 Å².